The Labute approximate surface area is 360 Å². The Bertz CT molecular complexity index is 3730. The Morgan fingerprint density at radius 3 is 2.02 bits per heavy atom. The minimum Gasteiger partial charge on any atom is -0.309 e. The van der Waals surface area contributed by atoms with E-state index in [0.29, 0.717) is 5.92 Å². The summed E-state index contributed by atoms with van der Waals surface area (Å²) in [5.41, 5.74) is 26.6. The molecule has 2 nitrogen and oxygen atoms in total. The van der Waals surface area contributed by atoms with Crippen LogP contribution in [-0.2, 0) is 12.8 Å². The third-order valence-electron chi connectivity index (χ3n) is 15.3. The van der Waals surface area contributed by atoms with E-state index >= 15 is 0 Å². The molecule has 3 unspecified atom stereocenters. The summed E-state index contributed by atoms with van der Waals surface area (Å²) in [4.78, 5) is 0. The fourth-order valence-corrected chi connectivity index (χ4v) is 13.0. The number of para-hydroxylation sites is 3. The van der Waals surface area contributed by atoms with Crippen molar-refractivity contribution in [3.05, 3.63) is 238 Å². The van der Waals surface area contributed by atoms with Gasteiger partial charge in [0.1, 0.15) is 0 Å². The second kappa shape index (κ2) is 12.1. The number of hydrogen-bond acceptors (Lipinski definition) is 0. The van der Waals surface area contributed by atoms with Crippen LogP contribution in [0.25, 0.3) is 77.2 Å². The molecule has 0 spiro atoms. The normalized spacial score (nSPS) is 17.6. The molecule has 0 radical (unpaired) electrons. The van der Waals surface area contributed by atoms with Gasteiger partial charge in [-0.15, -0.1) is 0 Å². The van der Waals surface area contributed by atoms with Crippen LogP contribution < -0.4 is 0 Å². The van der Waals surface area contributed by atoms with E-state index in [1.807, 2.05) is 0 Å². The molecule has 0 fully saturated rings. The SMILES string of the molecule is c1ccc(C2Cc3ccccc3-c3cc4c5cccc6c5n(c4cc32)-c2cccc3c2C6c2cccc4c2C(CC3)c2c-4ccc3c4ccccc4n(-c4ccccc4)c23)cc1. The quantitative estimate of drug-likeness (QED) is 0.165. The first kappa shape index (κ1) is 33.3. The Kier molecular flexibility index (Phi) is 6.51. The molecule has 0 N–H and O–H groups in total. The largest absolute Gasteiger partial charge is 0.309 e. The molecule has 11 aromatic rings. The van der Waals surface area contributed by atoms with E-state index < -0.39 is 0 Å². The summed E-state index contributed by atoms with van der Waals surface area (Å²) in [7, 11) is 0. The van der Waals surface area contributed by atoms with E-state index in [-0.39, 0.29) is 11.8 Å². The zero-order valence-corrected chi connectivity index (χ0v) is 34.1. The molecular formula is C60H40N2. The molecule has 62 heavy (non-hydrogen) atoms. The first-order valence-corrected chi connectivity index (χ1v) is 22.4. The zero-order chi connectivity index (χ0) is 40.2. The molecule has 0 bridgehead atoms. The van der Waals surface area contributed by atoms with Crippen LogP contribution in [0.1, 0.15) is 74.2 Å². The van der Waals surface area contributed by atoms with Crippen LogP contribution in [0, 0.1) is 0 Å². The average molecular weight is 789 g/mol. The van der Waals surface area contributed by atoms with Gasteiger partial charge in [0.2, 0.25) is 0 Å². The van der Waals surface area contributed by atoms with E-state index in [4.69, 9.17) is 0 Å². The highest BCUT2D eigenvalue weighted by Gasteiger charge is 2.41. The van der Waals surface area contributed by atoms with Crippen molar-refractivity contribution >= 4 is 43.6 Å². The molecule has 9 aromatic carbocycles. The first-order valence-electron chi connectivity index (χ1n) is 22.4. The van der Waals surface area contributed by atoms with Crippen LogP contribution in [0.3, 0.4) is 0 Å². The van der Waals surface area contributed by atoms with Crippen LogP contribution in [0.4, 0.5) is 0 Å². The molecule has 3 aliphatic carbocycles. The molecule has 2 heteroatoms. The monoisotopic (exact) mass is 788 g/mol. The predicted molar refractivity (Wildman–Crippen MR) is 256 cm³/mol. The molecule has 0 saturated heterocycles. The van der Waals surface area contributed by atoms with Crippen molar-refractivity contribution in [2.75, 3.05) is 0 Å². The Morgan fingerprint density at radius 1 is 0.387 bits per heavy atom. The van der Waals surface area contributed by atoms with Gasteiger partial charge < -0.3 is 9.13 Å². The van der Waals surface area contributed by atoms with Crippen LogP contribution in [0.2, 0.25) is 0 Å². The lowest BCUT2D eigenvalue weighted by molar-refractivity contribution is 0.695. The van der Waals surface area contributed by atoms with Crippen molar-refractivity contribution in [2.45, 2.75) is 37.0 Å². The van der Waals surface area contributed by atoms with E-state index in [0.717, 1.165) is 19.3 Å². The highest BCUT2D eigenvalue weighted by molar-refractivity contribution is 6.15. The Morgan fingerprint density at radius 2 is 1.10 bits per heavy atom. The minimum atomic E-state index is 0.122. The van der Waals surface area contributed by atoms with Crippen molar-refractivity contribution < 1.29 is 0 Å². The molecule has 3 heterocycles. The zero-order valence-electron chi connectivity index (χ0n) is 34.1. The number of aromatic nitrogens is 2. The third-order valence-corrected chi connectivity index (χ3v) is 15.3. The summed E-state index contributed by atoms with van der Waals surface area (Å²) in [6, 6.07) is 71.9. The van der Waals surface area contributed by atoms with E-state index in [1.54, 1.807) is 0 Å². The lowest BCUT2D eigenvalue weighted by Crippen LogP contribution is -2.21. The highest BCUT2D eigenvalue weighted by atomic mass is 15.0. The standard InChI is InChI=1S/C60H40N2/c1-3-14-35(15-4-1)48-32-37-16-7-8-20-39(37)49-33-51-43-23-13-25-47-57-45-24-12-22-41-42-30-31-44-40-21-9-10-26-52(40)61(38-18-5-2-6-19-38)60(44)58(42)46(56(41)45)29-28-36-17-11-27-53(55(36)57)62(59(43)47)54(51)34-50(48)49/h1-27,30-31,33-34,46,48,57H,28-29,32H2. The minimum absolute atomic E-state index is 0.122. The van der Waals surface area contributed by atoms with E-state index in [2.05, 4.69) is 197 Å². The van der Waals surface area contributed by atoms with Crippen molar-refractivity contribution in [3.63, 3.8) is 0 Å². The summed E-state index contributed by atoms with van der Waals surface area (Å²) in [6.45, 7) is 0. The van der Waals surface area contributed by atoms with Gasteiger partial charge in [-0.05, 0) is 128 Å². The Hall–Kier alpha value is -7.42. The number of benzene rings is 9. The van der Waals surface area contributed by atoms with Gasteiger partial charge in [0, 0.05) is 45.0 Å². The molecular weight excluding hydrogens is 749 g/mol. The predicted octanol–water partition coefficient (Wildman–Crippen LogP) is 14.8. The third kappa shape index (κ3) is 4.20. The van der Waals surface area contributed by atoms with Crippen LogP contribution in [0.5, 0.6) is 0 Å². The number of hydrogen-bond donors (Lipinski definition) is 0. The van der Waals surface area contributed by atoms with Gasteiger partial charge in [0.25, 0.3) is 0 Å². The molecule has 0 saturated carbocycles. The lowest BCUT2D eigenvalue weighted by atomic mass is 9.72. The maximum absolute atomic E-state index is 2.66. The summed E-state index contributed by atoms with van der Waals surface area (Å²) in [5, 5.41) is 5.35. The second-order valence-corrected chi connectivity index (χ2v) is 18.2. The van der Waals surface area contributed by atoms with Gasteiger partial charge in [0.05, 0.1) is 27.8 Å². The molecule has 0 amide bonds. The lowest BCUT2D eigenvalue weighted by Gasteiger charge is -2.35. The summed E-state index contributed by atoms with van der Waals surface area (Å²) in [6.07, 6.45) is 3.09. The van der Waals surface area contributed by atoms with Gasteiger partial charge in [-0.25, -0.2) is 0 Å². The highest BCUT2D eigenvalue weighted by Crippen LogP contribution is 2.59. The fraction of sp³-hybridized carbons (Fsp3) is 0.100. The van der Waals surface area contributed by atoms with Gasteiger partial charge >= 0.3 is 0 Å². The van der Waals surface area contributed by atoms with Gasteiger partial charge in [-0.2, -0.15) is 0 Å². The summed E-state index contributed by atoms with van der Waals surface area (Å²) >= 11 is 0. The summed E-state index contributed by atoms with van der Waals surface area (Å²) < 4.78 is 5.22. The summed E-state index contributed by atoms with van der Waals surface area (Å²) in [5.74, 6) is 0.690. The van der Waals surface area contributed by atoms with Crippen molar-refractivity contribution in [3.8, 4) is 33.6 Å². The van der Waals surface area contributed by atoms with Crippen molar-refractivity contribution in [1.29, 1.82) is 0 Å². The smallest absolute Gasteiger partial charge is 0.0585 e. The second-order valence-electron chi connectivity index (χ2n) is 18.2. The number of fused-ring (bicyclic) bond motifs is 16. The van der Waals surface area contributed by atoms with Crippen molar-refractivity contribution in [2.24, 2.45) is 0 Å². The fourth-order valence-electron chi connectivity index (χ4n) is 13.0. The van der Waals surface area contributed by atoms with E-state index in [9.17, 15) is 0 Å². The molecule has 3 atom stereocenters. The van der Waals surface area contributed by atoms with Gasteiger partial charge in [-0.3, -0.25) is 0 Å². The average Bonchev–Trinajstić information content (AvgIpc) is 3.96. The van der Waals surface area contributed by atoms with Crippen LogP contribution in [-0.4, -0.2) is 9.13 Å². The maximum atomic E-state index is 2.66. The number of aryl methyl sites for hydroxylation is 1. The van der Waals surface area contributed by atoms with Crippen molar-refractivity contribution in [1.82, 2.24) is 9.13 Å². The number of nitrogens with zero attached hydrogens (tertiary/aromatic N) is 2. The van der Waals surface area contributed by atoms with E-state index in [1.165, 1.54) is 127 Å². The molecule has 1 aliphatic heterocycles. The maximum Gasteiger partial charge on any atom is 0.0585 e. The first-order chi connectivity index (χ1) is 30.8. The topological polar surface area (TPSA) is 9.86 Å². The van der Waals surface area contributed by atoms with Crippen LogP contribution >= 0.6 is 0 Å². The van der Waals surface area contributed by atoms with Gasteiger partial charge in [0.15, 0.2) is 0 Å². The van der Waals surface area contributed by atoms with Crippen LogP contribution in [0.15, 0.2) is 188 Å². The molecule has 4 aliphatic rings. The number of rotatable bonds is 2. The Balaban J connectivity index is 1.01. The molecule has 2 aromatic heterocycles. The molecule has 15 rings (SSSR count). The van der Waals surface area contributed by atoms with Gasteiger partial charge in [-0.1, -0.05) is 152 Å². The molecule has 290 valence electrons.